The van der Waals surface area contributed by atoms with E-state index in [1.165, 1.54) is 10.6 Å². The molecule has 106 valence electrons. The molecule has 0 aliphatic carbocycles. The van der Waals surface area contributed by atoms with Gasteiger partial charge in [-0.3, -0.25) is 14.4 Å². The normalized spacial score (nSPS) is 10.1. The molecule has 0 aliphatic heterocycles. The van der Waals surface area contributed by atoms with Crippen LogP contribution >= 0.6 is 0 Å². The highest BCUT2D eigenvalue weighted by Crippen LogP contribution is 2.02. The van der Waals surface area contributed by atoms with Crippen molar-refractivity contribution in [2.45, 2.75) is 13.0 Å². The first kappa shape index (κ1) is 14.6. The van der Waals surface area contributed by atoms with E-state index in [1.54, 1.807) is 42.6 Å². The van der Waals surface area contributed by atoms with Crippen LogP contribution in [0, 0.1) is 0 Å². The summed E-state index contributed by atoms with van der Waals surface area (Å²) in [4.78, 5) is 34.7. The minimum atomic E-state index is -1.19. The van der Waals surface area contributed by atoms with Gasteiger partial charge in [0.1, 0.15) is 6.42 Å². The van der Waals surface area contributed by atoms with E-state index >= 15 is 0 Å². The van der Waals surface area contributed by atoms with Crippen LogP contribution in [0.25, 0.3) is 0 Å². The minimum Gasteiger partial charge on any atom is -0.481 e. The lowest BCUT2D eigenvalue weighted by atomic mass is 10.1. The van der Waals surface area contributed by atoms with Gasteiger partial charge in [0.05, 0.1) is 0 Å². The number of carbonyl (C=O) groups is 3. The van der Waals surface area contributed by atoms with Gasteiger partial charge in [0.15, 0.2) is 6.20 Å². The Hall–Kier alpha value is -2.82. The summed E-state index contributed by atoms with van der Waals surface area (Å²) in [6, 6.07) is 13.6. The number of carbonyl (C=O) groups excluding carboxylic acids is 2. The van der Waals surface area contributed by atoms with Gasteiger partial charge in [0, 0.05) is 17.7 Å². The molecule has 5 nitrogen and oxygen atoms in total. The summed E-state index contributed by atoms with van der Waals surface area (Å²) in [5.41, 5.74) is 0.759. The van der Waals surface area contributed by atoms with E-state index in [4.69, 9.17) is 5.11 Å². The number of pyridine rings is 1. The van der Waals surface area contributed by atoms with Gasteiger partial charge in [-0.15, -0.1) is 0 Å². The van der Waals surface area contributed by atoms with Crippen molar-refractivity contribution in [3.05, 3.63) is 66.0 Å². The van der Waals surface area contributed by atoms with Crippen LogP contribution in [0.4, 0.5) is 0 Å². The molecule has 0 atom stereocenters. The summed E-state index contributed by atoms with van der Waals surface area (Å²) in [5.74, 6) is -1.86. The Balaban J connectivity index is 2.23. The monoisotopic (exact) mass is 284 g/mol. The zero-order chi connectivity index (χ0) is 15.2. The molecule has 1 aromatic carbocycles. The number of hydrogen-bond donors (Lipinski definition) is 1. The molecule has 0 bridgehead atoms. The van der Waals surface area contributed by atoms with E-state index < -0.39 is 18.2 Å². The molecule has 0 fully saturated rings. The topological polar surface area (TPSA) is 75.3 Å². The second-order valence-electron chi connectivity index (χ2n) is 4.50. The van der Waals surface area contributed by atoms with Crippen molar-refractivity contribution in [3.8, 4) is 0 Å². The predicted octanol–water partition coefficient (Wildman–Crippen LogP) is 1.51. The van der Waals surface area contributed by atoms with Crippen molar-refractivity contribution in [2.75, 3.05) is 0 Å². The van der Waals surface area contributed by atoms with Crippen LogP contribution in [0.5, 0.6) is 0 Å². The molecule has 0 saturated heterocycles. The Morgan fingerprint density at radius 3 is 2.24 bits per heavy atom. The van der Waals surface area contributed by atoms with Crippen LogP contribution in [-0.4, -0.2) is 22.6 Å². The van der Waals surface area contributed by atoms with E-state index in [1.807, 2.05) is 6.07 Å². The highest BCUT2D eigenvalue weighted by atomic mass is 16.4. The molecule has 2 aromatic rings. The summed E-state index contributed by atoms with van der Waals surface area (Å²) in [5, 5.41) is 8.70. The number of ketones is 2. The van der Waals surface area contributed by atoms with Gasteiger partial charge in [0.2, 0.25) is 23.8 Å². The maximum absolute atomic E-state index is 12.2. The average molecular weight is 284 g/mol. The zero-order valence-corrected chi connectivity index (χ0v) is 11.2. The van der Waals surface area contributed by atoms with Crippen LogP contribution in [-0.2, 0) is 11.3 Å². The summed E-state index contributed by atoms with van der Waals surface area (Å²) >= 11 is 0. The maximum Gasteiger partial charge on any atom is 0.311 e. The Labute approximate surface area is 121 Å². The maximum atomic E-state index is 12.2. The number of aromatic nitrogens is 1. The van der Waals surface area contributed by atoms with E-state index in [2.05, 4.69) is 0 Å². The number of nitrogens with zero attached hydrogens (tertiary/aromatic N) is 1. The first-order valence-electron chi connectivity index (χ1n) is 6.39. The molecule has 21 heavy (non-hydrogen) atoms. The second kappa shape index (κ2) is 6.56. The largest absolute Gasteiger partial charge is 0.481 e. The van der Waals surface area contributed by atoms with Gasteiger partial charge >= 0.3 is 5.97 Å². The van der Waals surface area contributed by atoms with Crippen LogP contribution in [0.2, 0.25) is 0 Å². The summed E-state index contributed by atoms with van der Waals surface area (Å²) in [6.07, 6.45) is 0.999. The summed E-state index contributed by atoms with van der Waals surface area (Å²) in [6.45, 7) is -0.00839. The standard InChI is InChI=1S/C16H13NO4/c18-14(10-16(20)21)13-8-4-5-9-17(13)11-15(19)12-6-2-1-3-7-12/h1-9H,10-11H2/p+1. The Bertz CT molecular complexity index is 680. The predicted molar refractivity (Wildman–Crippen MR) is 74.0 cm³/mol. The highest BCUT2D eigenvalue weighted by molar-refractivity contribution is 6.03. The van der Waals surface area contributed by atoms with Crippen molar-refractivity contribution in [1.82, 2.24) is 0 Å². The highest BCUT2D eigenvalue weighted by Gasteiger charge is 2.23. The van der Waals surface area contributed by atoms with E-state index in [9.17, 15) is 14.4 Å². The quantitative estimate of drug-likeness (QED) is 0.495. The smallest absolute Gasteiger partial charge is 0.311 e. The van der Waals surface area contributed by atoms with Crippen LogP contribution in [0.15, 0.2) is 54.7 Å². The van der Waals surface area contributed by atoms with Gasteiger partial charge in [-0.1, -0.05) is 30.3 Å². The molecule has 0 aliphatic rings. The molecule has 0 saturated carbocycles. The lowest BCUT2D eigenvalue weighted by Gasteiger charge is -2.02. The summed E-state index contributed by atoms with van der Waals surface area (Å²) < 4.78 is 1.47. The van der Waals surface area contributed by atoms with Gasteiger partial charge in [-0.05, 0) is 6.07 Å². The fourth-order valence-corrected chi connectivity index (χ4v) is 1.97. The minimum absolute atomic E-state index is 0.00839. The Kier molecular flexibility index (Phi) is 4.56. The second-order valence-corrected chi connectivity index (χ2v) is 4.50. The average Bonchev–Trinajstić information content (AvgIpc) is 2.48. The fraction of sp³-hybridized carbons (Fsp3) is 0.125. The molecule has 1 heterocycles. The fourth-order valence-electron chi connectivity index (χ4n) is 1.97. The zero-order valence-electron chi connectivity index (χ0n) is 11.2. The molecule has 0 unspecified atom stereocenters. The van der Waals surface area contributed by atoms with Gasteiger partial charge in [-0.2, -0.15) is 4.57 Å². The number of Topliss-reactive ketones (excluding diaryl/α,β-unsaturated/α-hetero) is 2. The molecular weight excluding hydrogens is 270 g/mol. The molecule has 1 aromatic heterocycles. The Morgan fingerprint density at radius 1 is 0.905 bits per heavy atom. The first-order chi connectivity index (χ1) is 10.1. The van der Waals surface area contributed by atoms with Crippen molar-refractivity contribution >= 4 is 17.5 Å². The first-order valence-corrected chi connectivity index (χ1v) is 6.39. The third-order valence-corrected chi connectivity index (χ3v) is 2.95. The van der Waals surface area contributed by atoms with Gasteiger partial charge in [-0.25, -0.2) is 0 Å². The molecule has 2 rings (SSSR count). The van der Waals surface area contributed by atoms with Crippen molar-refractivity contribution in [3.63, 3.8) is 0 Å². The van der Waals surface area contributed by atoms with Crippen LogP contribution in [0.1, 0.15) is 27.3 Å². The number of benzene rings is 1. The molecular formula is C16H14NO4+. The van der Waals surface area contributed by atoms with Crippen LogP contribution < -0.4 is 4.57 Å². The molecule has 5 heteroatoms. The molecule has 0 amide bonds. The number of rotatable bonds is 6. The molecule has 1 N–H and O–H groups in total. The van der Waals surface area contributed by atoms with Gasteiger partial charge < -0.3 is 5.11 Å². The van der Waals surface area contributed by atoms with E-state index in [-0.39, 0.29) is 18.0 Å². The molecule has 0 radical (unpaired) electrons. The summed E-state index contributed by atoms with van der Waals surface area (Å²) in [7, 11) is 0. The Morgan fingerprint density at radius 2 is 1.57 bits per heavy atom. The third-order valence-electron chi connectivity index (χ3n) is 2.95. The van der Waals surface area contributed by atoms with Gasteiger partial charge in [0.25, 0.3) is 0 Å². The SMILES string of the molecule is O=C(O)CC(=O)c1cccc[n+]1CC(=O)c1ccccc1. The third kappa shape index (κ3) is 3.82. The van der Waals surface area contributed by atoms with Crippen LogP contribution in [0.3, 0.4) is 0 Å². The lowest BCUT2D eigenvalue weighted by Crippen LogP contribution is -2.43. The van der Waals surface area contributed by atoms with Crippen molar-refractivity contribution in [2.24, 2.45) is 0 Å². The van der Waals surface area contributed by atoms with Crippen molar-refractivity contribution in [1.29, 1.82) is 0 Å². The number of aliphatic carboxylic acids is 1. The number of carboxylic acid groups (broad SMARTS) is 1. The van der Waals surface area contributed by atoms with E-state index in [0.717, 1.165) is 0 Å². The van der Waals surface area contributed by atoms with Crippen molar-refractivity contribution < 1.29 is 24.1 Å². The lowest BCUT2D eigenvalue weighted by molar-refractivity contribution is -0.685. The number of hydrogen-bond acceptors (Lipinski definition) is 3. The molecule has 0 spiro atoms. The van der Waals surface area contributed by atoms with E-state index in [0.29, 0.717) is 5.56 Å². The number of carboxylic acids is 1.